The first-order valence-corrected chi connectivity index (χ1v) is 3.55. The van der Waals surface area contributed by atoms with Gasteiger partial charge in [0.2, 0.25) is 0 Å². The van der Waals surface area contributed by atoms with Crippen LogP contribution in [0.1, 0.15) is 10.4 Å². The zero-order chi connectivity index (χ0) is 9.14. The summed E-state index contributed by atoms with van der Waals surface area (Å²) in [5.74, 6) is -0.378. The van der Waals surface area contributed by atoms with Crippen molar-refractivity contribution in [3.63, 3.8) is 0 Å². The summed E-state index contributed by atoms with van der Waals surface area (Å²) in [6.45, 7) is 0. The molecule has 0 spiro atoms. The summed E-state index contributed by atoms with van der Waals surface area (Å²) in [5.41, 5.74) is 0.0912. The van der Waals surface area contributed by atoms with E-state index in [1.165, 1.54) is 7.11 Å². The summed E-state index contributed by atoms with van der Waals surface area (Å²) in [6.07, 6.45) is 0.480. The molecule has 2 nitrogen and oxygen atoms in total. The molecular formula is C8H6ClFO2. The van der Waals surface area contributed by atoms with Crippen molar-refractivity contribution in [2.24, 2.45) is 0 Å². The second-order valence-electron chi connectivity index (χ2n) is 2.13. The van der Waals surface area contributed by atoms with Crippen LogP contribution in [0.15, 0.2) is 12.1 Å². The average Bonchev–Trinajstić information content (AvgIpc) is 2.08. The number of hydrogen-bond donors (Lipinski definition) is 0. The highest BCUT2D eigenvalue weighted by molar-refractivity contribution is 6.34. The molecule has 0 atom stereocenters. The van der Waals surface area contributed by atoms with Crippen molar-refractivity contribution in [2.45, 2.75) is 0 Å². The first kappa shape index (κ1) is 9.00. The van der Waals surface area contributed by atoms with Gasteiger partial charge >= 0.3 is 0 Å². The molecule has 0 amide bonds. The predicted molar refractivity (Wildman–Crippen MR) is 43.3 cm³/mol. The van der Waals surface area contributed by atoms with Crippen molar-refractivity contribution >= 4 is 17.9 Å². The Hall–Kier alpha value is -1.09. The lowest BCUT2D eigenvalue weighted by atomic mass is 10.2. The number of carbonyl (C=O) groups excluding carboxylic acids is 1. The molecule has 12 heavy (non-hydrogen) atoms. The van der Waals surface area contributed by atoms with E-state index in [9.17, 15) is 9.18 Å². The van der Waals surface area contributed by atoms with E-state index in [1.807, 2.05) is 0 Å². The molecule has 0 bridgehead atoms. The van der Waals surface area contributed by atoms with Gasteiger partial charge in [0.05, 0.1) is 12.1 Å². The monoisotopic (exact) mass is 188 g/mol. The molecule has 0 saturated heterocycles. The Kier molecular flexibility index (Phi) is 2.65. The number of benzene rings is 1. The smallest absolute Gasteiger partial charge is 0.151 e. The summed E-state index contributed by atoms with van der Waals surface area (Å²) < 4.78 is 17.4. The Labute approximate surface area is 73.9 Å². The van der Waals surface area contributed by atoms with Gasteiger partial charge in [-0.3, -0.25) is 4.79 Å². The maximum atomic E-state index is 12.7. The molecule has 4 heteroatoms. The Balaban J connectivity index is 3.31. The molecule has 1 aromatic rings. The quantitative estimate of drug-likeness (QED) is 0.666. The molecule has 0 aliphatic carbocycles. The Bertz CT molecular complexity index is 312. The van der Waals surface area contributed by atoms with Gasteiger partial charge in [0.15, 0.2) is 6.29 Å². The highest BCUT2D eigenvalue weighted by Gasteiger charge is 2.08. The fourth-order valence-electron chi connectivity index (χ4n) is 0.819. The van der Waals surface area contributed by atoms with E-state index in [4.69, 9.17) is 16.3 Å². The summed E-state index contributed by atoms with van der Waals surface area (Å²) in [5, 5.41) is 0.133. The van der Waals surface area contributed by atoms with Gasteiger partial charge in [0.1, 0.15) is 11.6 Å². The molecule has 0 fully saturated rings. The molecule has 1 rings (SSSR count). The van der Waals surface area contributed by atoms with E-state index in [1.54, 1.807) is 0 Å². The molecule has 0 aliphatic rings. The van der Waals surface area contributed by atoms with Crippen molar-refractivity contribution in [1.29, 1.82) is 0 Å². The van der Waals surface area contributed by atoms with Crippen molar-refractivity contribution < 1.29 is 13.9 Å². The molecule has 0 saturated carbocycles. The fourth-order valence-corrected chi connectivity index (χ4v) is 1.05. The first-order valence-electron chi connectivity index (χ1n) is 3.17. The van der Waals surface area contributed by atoms with Crippen molar-refractivity contribution in [1.82, 2.24) is 0 Å². The minimum Gasteiger partial charge on any atom is -0.495 e. The van der Waals surface area contributed by atoms with Crippen molar-refractivity contribution in [3.8, 4) is 5.75 Å². The van der Waals surface area contributed by atoms with Crippen LogP contribution in [0.5, 0.6) is 5.75 Å². The lowest BCUT2D eigenvalue weighted by Crippen LogP contribution is -1.91. The maximum Gasteiger partial charge on any atom is 0.151 e. The minimum atomic E-state index is -0.543. The van der Waals surface area contributed by atoms with Gasteiger partial charge in [0, 0.05) is 11.6 Å². The lowest BCUT2D eigenvalue weighted by Gasteiger charge is -2.03. The number of methoxy groups -OCH3 is 1. The van der Waals surface area contributed by atoms with Crippen molar-refractivity contribution in [2.75, 3.05) is 7.11 Å². The summed E-state index contributed by atoms with van der Waals surface area (Å²) >= 11 is 5.66. The van der Waals surface area contributed by atoms with Crippen LogP contribution in [-0.2, 0) is 0 Å². The zero-order valence-electron chi connectivity index (χ0n) is 6.30. The van der Waals surface area contributed by atoms with Crippen LogP contribution >= 0.6 is 11.6 Å². The third kappa shape index (κ3) is 1.56. The molecule has 64 valence electrons. The van der Waals surface area contributed by atoms with Crippen LogP contribution < -0.4 is 4.74 Å². The highest BCUT2D eigenvalue weighted by atomic mass is 35.5. The summed E-state index contributed by atoms with van der Waals surface area (Å²) in [7, 11) is 1.36. The molecule has 0 radical (unpaired) electrons. The maximum absolute atomic E-state index is 12.7. The molecule has 0 heterocycles. The first-order chi connectivity index (χ1) is 5.69. The molecular weight excluding hydrogens is 183 g/mol. The third-order valence-corrected chi connectivity index (χ3v) is 1.78. The topological polar surface area (TPSA) is 26.3 Å². The number of halogens is 2. The van der Waals surface area contributed by atoms with E-state index in [-0.39, 0.29) is 16.3 Å². The SMILES string of the molecule is COc1cc(F)cc(C=O)c1Cl. The predicted octanol–water partition coefficient (Wildman–Crippen LogP) is 2.30. The van der Waals surface area contributed by atoms with Crippen LogP contribution in [0.4, 0.5) is 4.39 Å². The molecule has 0 aliphatic heterocycles. The van der Waals surface area contributed by atoms with E-state index in [0.717, 1.165) is 12.1 Å². The van der Waals surface area contributed by atoms with E-state index in [2.05, 4.69) is 0 Å². The normalized spacial score (nSPS) is 9.58. The summed E-state index contributed by atoms with van der Waals surface area (Å²) in [4.78, 5) is 10.3. The van der Waals surface area contributed by atoms with Gasteiger partial charge in [-0.25, -0.2) is 4.39 Å². The van der Waals surface area contributed by atoms with Crippen LogP contribution in [0.25, 0.3) is 0 Å². The van der Waals surface area contributed by atoms with Gasteiger partial charge in [-0.2, -0.15) is 0 Å². The molecule has 0 unspecified atom stereocenters. The minimum absolute atomic E-state index is 0.0912. The van der Waals surface area contributed by atoms with Gasteiger partial charge in [-0.15, -0.1) is 0 Å². The van der Waals surface area contributed by atoms with E-state index >= 15 is 0 Å². The number of ether oxygens (including phenoxy) is 1. The van der Waals surface area contributed by atoms with Gasteiger partial charge in [-0.05, 0) is 6.07 Å². The van der Waals surface area contributed by atoms with E-state index in [0.29, 0.717) is 6.29 Å². The third-order valence-electron chi connectivity index (χ3n) is 1.38. The van der Waals surface area contributed by atoms with Crippen LogP contribution in [0.3, 0.4) is 0 Å². The number of hydrogen-bond acceptors (Lipinski definition) is 2. The Morgan fingerprint density at radius 1 is 1.58 bits per heavy atom. The van der Waals surface area contributed by atoms with Gasteiger partial charge in [0.25, 0.3) is 0 Å². The number of aldehydes is 1. The number of rotatable bonds is 2. The van der Waals surface area contributed by atoms with Crippen LogP contribution in [0.2, 0.25) is 5.02 Å². The summed E-state index contributed by atoms with van der Waals surface area (Å²) in [6, 6.07) is 2.17. The average molecular weight is 189 g/mol. The van der Waals surface area contributed by atoms with Crippen LogP contribution in [-0.4, -0.2) is 13.4 Å². The second kappa shape index (κ2) is 3.54. The zero-order valence-corrected chi connectivity index (χ0v) is 7.06. The van der Waals surface area contributed by atoms with Crippen LogP contribution in [0, 0.1) is 5.82 Å². The Morgan fingerprint density at radius 2 is 2.25 bits per heavy atom. The van der Waals surface area contributed by atoms with E-state index < -0.39 is 5.82 Å². The van der Waals surface area contributed by atoms with Crippen molar-refractivity contribution in [3.05, 3.63) is 28.5 Å². The molecule has 0 N–H and O–H groups in total. The fraction of sp³-hybridized carbons (Fsp3) is 0.125. The Morgan fingerprint density at radius 3 is 2.75 bits per heavy atom. The van der Waals surface area contributed by atoms with Gasteiger partial charge < -0.3 is 4.74 Å². The lowest BCUT2D eigenvalue weighted by molar-refractivity contribution is 0.112. The largest absolute Gasteiger partial charge is 0.495 e. The molecule has 1 aromatic carbocycles. The van der Waals surface area contributed by atoms with Gasteiger partial charge in [-0.1, -0.05) is 11.6 Å². The second-order valence-corrected chi connectivity index (χ2v) is 2.51. The molecule has 0 aromatic heterocycles. The standard InChI is InChI=1S/C8H6ClFO2/c1-12-7-3-6(10)2-5(4-11)8(7)9/h2-4H,1H3. The highest BCUT2D eigenvalue weighted by Crippen LogP contribution is 2.27. The number of carbonyl (C=O) groups is 1.